The third-order valence-corrected chi connectivity index (χ3v) is 4.34. The van der Waals surface area contributed by atoms with Crippen molar-refractivity contribution in [2.75, 3.05) is 0 Å². The third kappa shape index (κ3) is 2.14. The Kier molecular flexibility index (Phi) is 3.54. The number of alkyl halides is 6. The lowest BCUT2D eigenvalue weighted by atomic mass is 9.88. The van der Waals surface area contributed by atoms with Crippen molar-refractivity contribution in [2.45, 2.75) is 48.6 Å². The van der Waals surface area contributed by atoms with Gasteiger partial charge in [-0.25, -0.2) is 9.59 Å². The van der Waals surface area contributed by atoms with Crippen LogP contribution < -0.4 is 0 Å². The Bertz CT molecular complexity index is 650. The summed E-state index contributed by atoms with van der Waals surface area (Å²) in [5.41, 5.74) is 0. The van der Waals surface area contributed by atoms with Crippen molar-refractivity contribution in [2.24, 2.45) is 5.92 Å². The maximum Gasteiger partial charge on any atom is 0.411 e. The van der Waals surface area contributed by atoms with Crippen molar-refractivity contribution in [3.63, 3.8) is 0 Å². The van der Waals surface area contributed by atoms with E-state index in [0.717, 1.165) is 0 Å². The fraction of sp³-hybridized carbons (Fsp3) is 0.750. The molecule has 0 aromatic rings. The summed E-state index contributed by atoms with van der Waals surface area (Å²) in [6.45, 7) is 0. The molecule has 1 N–H and O–H groups in total. The predicted molar refractivity (Wildman–Crippen MR) is 59.0 cm³/mol. The number of hydrogen-bond donors (Lipinski definition) is 1. The Balaban J connectivity index is 1.79. The number of aliphatic carboxylic acids is 1. The standard InChI is InChI=1S/C12H8F6O7/c13-10(14,8(20)21)12(17,18)11(15,16)9(22)25-5-3-1-2-4(23-3)6(5)24-7(2)19/h2-6H,1H2,(H,20,21). The summed E-state index contributed by atoms with van der Waals surface area (Å²) in [5.74, 6) is -27.0. The Morgan fingerprint density at radius 1 is 1.08 bits per heavy atom. The zero-order chi connectivity index (χ0) is 18.9. The zero-order valence-electron chi connectivity index (χ0n) is 11.8. The highest BCUT2D eigenvalue weighted by atomic mass is 19.3. The molecule has 3 aliphatic rings. The first-order valence-electron chi connectivity index (χ1n) is 6.76. The Labute approximate surface area is 133 Å². The van der Waals surface area contributed by atoms with Gasteiger partial charge in [0, 0.05) is 0 Å². The van der Waals surface area contributed by atoms with Crippen LogP contribution in [-0.2, 0) is 28.6 Å². The maximum atomic E-state index is 13.5. The van der Waals surface area contributed by atoms with Crippen LogP contribution in [0.4, 0.5) is 26.3 Å². The van der Waals surface area contributed by atoms with Gasteiger partial charge in [0.25, 0.3) is 0 Å². The monoisotopic (exact) mass is 378 g/mol. The Hall–Kier alpha value is -2.05. The molecule has 0 radical (unpaired) electrons. The second kappa shape index (κ2) is 4.99. The highest BCUT2D eigenvalue weighted by Crippen LogP contribution is 2.50. The lowest BCUT2D eigenvalue weighted by molar-refractivity contribution is -0.301. The highest BCUT2D eigenvalue weighted by Gasteiger charge is 2.79. The second-order valence-electron chi connectivity index (χ2n) is 5.78. The van der Waals surface area contributed by atoms with Crippen molar-refractivity contribution < 1.29 is 60.0 Å². The van der Waals surface area contributed by atoms with Gasteiger partial charge in [0.2, 0.25) is 0 Å². The van der Waals surface area contributed by atoms with E-state index in [2.05, 4.69) is 4.74 Å². The number of carboxylic acid groups (broad SMARTS) is 1. The van der Waals surface area contributed by atoms with Gasteiger partial charge in [-0.05, 0) is 6.42 Å². The zero-order valence-corrected chi connectivity index (χ0v) is 11.8. The third-order valence-electron chi connectivity index (χ3n) is 4.34. The average molecular weight is 378 g/mol. The number of carbonyl (C=O) groups excluding carboxylic acids is 2. The van der Waals surface area contributed by atoms with Gasteiger partial charge in [-0.15, -0.1) is 0 Å². The summed E-state index contributed by atoms with van der Waals surface area (Å²) in [4.78, 5) is 32.9. The molecule has 7 nitrogen and oxygen atoms in total. The average Bonchev–Trinajstić information content (AvgIpc) is 3.11. The molecule has 3 heterocycles. The number of esters is 2. The minimum Gasteiger partial charge on any atom is -0.477 e. The van der Waals surface area contributed by atoms with Crippen LogP contribution in [0, 0.1) is 5.92 Å². The van der Waals surface area contributed by atoms with Crippen LogP contribution in [0.25, 0.3) is 0 Å². The van der Waals surface area contributed by atoms with Crippen molar-refractivity contribution >= 4 is 17.9 Å². The maximum absolute atomic E-state index is 13.5. The topological polar surface area (TPSA) is 99.1 Å². The van der Waals surface area contributed by atoms with E-state index >= 15 is 0 Å². The van der Waals surface area contributed by atoms with Gasteiger partial charge in [0.1, 0.15) is 6.10 Å². The number of carbonyl (C=O) groups is 3. The first kappa shape index (κ1) is 17.8. The second-order valence-corrected chi connectivity index (χ2v) is 5.78. The molecule has 3 saturated heterocycles. The van der Waals surface area contributed by atoms with Crippen LogP contribution in [0.5, 0.6) is 0 Å². The van der Waals surface area contributed by atoms with Crippen molar-refractivity contribution in [1.82, 2.24) is 0 Å². The first-order valence-corrected chi connectivity index (χ1v) is 6.76. The van der Waals surface area contributed by atoms with Gasteiger partial charge < -0.3 is 19.3 Å². The fourth-order valence-corrected chi connectivity index (χ4v) is 3.04. The smallest absolute Gasteiger partial charge is 0.411 e. The SMILES string of the molecule is O=C1OC2C(OC(=O)C(F)(F)C(F)(F)C(F)(F)C(=O)O)C3CC1C2O3. The number of rotatable bonds is 5. The summed E-state index contributed by atoms with van der Waals surface area (Å²) in [6, 6.07) is 0. The fourth-order valence-electron chi connectivity index (χ4n) is 3.04. The summed E-state index contributed by atoms with van der Waals surface area (Å²) in [5, 5.41) is 8.01. The van der Waals surface area contributed by atoms with E-state index in [-0.39, 0.29) is 6.42 Å². The molecule has 3 fully saturated rings. The Morgan fingerprint density at radius 3 is 2.24 bits per heavy atom. The number of halogens is 6. The van der Waals surface area contributed by atoms with E-state index in [1.165, 1.54) is 0 Å². The molecule has 140 valence electrons. The number of fused-ring (bicyclic) bond motifs is 1. The molecule has 0 amide bonds. The molecule has 5 unspecified atom stereocenters. The number of hydrogen-bond acceptors (Lipinski definition) is 6. The predicted octanol–water partition coefficient (Wildman–Crippen LogP) is 0.601. The summed E-state index contributed by atoms with van der Waals surface area (Å²) in [7, 11) is 0. The molecule has 0 spiro atoms. The van der Waals surface area contributed by atoms with Gasteiger partial charge in [-0.2, -0.15) is 26.3 Å². The normalized spacial score (nSPS) is 34.2. The van der Waals surface area contributed by atoms with Gasteiger partial charge in [-0.3, -0.25) is 4.79 Å². The van der Waals surface area contributed by atoms with Crippen molar-refractivity contribution in [3.8, 4) is 0 Å². The number of carboxylic acids is 1. The molecular formula is C12H8F6O7. The van der Waals surface area contributed by atoms with E-state index in [4.69, 9.17) is 14.6 Å². The van der Waals surface area contributed by atoms with Gasteiger partial charge in [0.05, 0.1) is 12.0 Å². The molecule has 0 aromatic heterocycles. The molecule has 3 rings (SSSR count). The van der Waals surface area contributed by atoms with E-state index in [9.17, 15) is 40.7 Å². The summed E-state index contributed by atoms with van der Waals surface area (Å²) in [6.07, 6.45) is -5.08. The quantitative estimate of drug-likeness (QED) is 0.553. The molecule has 13 heteroatoms. The van der Waals surface area contributed by atoms with E-state index in [1.54, 1.807) is 0 Å². The largest absolute Gasteiger partial charge is 0.477 e. The molecule has 25 heavy (non-hydrogen) atoms. The van der Waals surface area contributed by atoms with Crippen molar-refractivity contribution in [1.29, 1.82) is 0 Å². The molecule has 0 saturated carbocycles. The van der Waals surface area contributed by atoms with E-state index in [0.29, 0.717) is 0 Å². The van der Waals surface area contributed by atoms with E-state index in [1.807, 2.05) is 0 Å². The molecule has 3 aliphatic heterocycles. The summed E-state index contributed by atoms with van der Waals surface area (Å²) >= 11 is 0. The van der Waals surface area contributed by atoms with Crippen LogP contribution in [0.1, 0.15) is 6.42 Å². The van der Waals surface area contributed by atoms with Gasteiger partial charge >= 0.3 is 35.7 Å². The van der Waals surface area contributed by atoms with Crippen LogP contribution in [-0.4, -0.2) is 65.2 Å². The molecular weight excluding hydrogens is 370 g/mol. The lowest BCUT2D eigenvalue weighted by Gasteiger charge is -2.30. The first-order chi connectivity index (χ1) is 11.3. The molecule has 2 bridgehead atoms. The molecule has 0 aromatic carbocycles. The summed E-state index contributed by atoms with van der Waals surface area (Å²) < 4.78 is 93.6. The van der Waals surface area contributed by atoms with Crippen molar-refractivity contribution in [3.05, 3.63) is 0 Å². The minimum atomic E-state index is -6.56. The van der Waals surface area contributed by atoms with Crippen LogP contribution >= 0.6 is 0 Å². The van der Waals surface area contributed by atoms with Crippen LogP contribution in [0.15, 0.2) is 0 Å². The van der Waals surface area contributed by atoms with Gasteiger partial charge in [-0.1, -0.05) is 0 Å². The number of ether oxygens (including phenoxy) is 3. The van der Waals surface area contributed by atoms with Crippen LogP contribution in [0.2, 0.25) is 0 Å². The van der Waals surface area contributed by atoms with Crippen LogP contribution in [0.3, 0.4) is 0 Å². The lowest BCUT2D eigenvalue weighted by Crippen LogP contribution is -2.62. The Morgan fingerprint density at radius 2 is 1.68 bits per heavy atom. The molecule has 5 atom stereocenters. The van der Waals surface area contributed by atoms with Gasteiger partial charge in [0.15, 0.2) is 12.2 Å². The highest BCUT2D eigenvalue weighted by molar-refractivity contribution is 5.84. The van der Waals surface area contributed by atoms with E-state index < -0.39 is 66.0 Å². The molecule has 0 aliphatic carbocycles. The minimum absolute atomic E-state index is 0.0782.